The van der Waals surface area contributed by atoms with Gasteiger partial charge in [-0.3, -0.25) is 0 Å². The molecule has 2 atom stereocenters. The van der Waals surface area contributed by atoms with Gasteiger partial charge in [-0.15, -0.1) is 0 Å². The first-order valence-electron chi connectivity index (χ1n) is 10.2. The molecule has 0 amide bonds. The summed E-state index contributed by atoms with van der Waals surface area (Å²) in [4.78, 5) is 0. The quantitative estimate of drug-likeness (QED) is 0.292. The summed E-state index contributed by atoms with van der Waals surface area (Å²) in [5.74, 6) is 0. The topological polar surface area (TPSA) is 12.0 Å². The monoisotopic (exact) mass is 307 g/mol. The highest BCUT2D eigenvalue weighted by atomic mass is 15.0. The number of nitrogens with one attached hydrogen (secondary N) is 1. The van der Waals surface area contributed by atoms with Crippen LogP contribution < -0.4 is 5.32 Å². The van der Waals surface area contributed by atoms with Gasteiger partial charge in [0, 0.05) is 12.1 Å². The van der Waals surface area contributed by atoms with Crippen molar-refractivity contribution in [1.82, 2.24) is 5.32 Å². The van der Waals surface area contributed by atoms with Gasteiger partial charge in [-0.05, 0) is 51.9 Å². The van der Waals surface area contributed by atoms with Crippen molar-refractivity contribution in [2.75, 3.05) is 0 Å². The molecule has 1 aliphatic heterocycles. The minimum atomic E-state index is 0.753. The summed E-state index contributed by atoms with van der Waals surface area (Å²) in [5, 5.41) is 3.75. The lowest BCUT2D eigenvalue weighted by Crippen LogP contribution is -2.40. The van der Waals surface area contributed by atoms with Crippen LogP contribution in [0.15, 0.2) is 12.2 Å². The van der Waals surface area contributed by atoms with Crippen molar-refractivity contribution >= 4 is 0 Å². The predicted octanol–water partition coefficient (Wildman–Crippen LogP) is 6.77. The summed E-state index contributed by atoms with van der Waals surface area (Å²) in [5.41, 5.74) is 0. The fraction of sp³-hybridized carbons (Fsp3) is 0.905. The van der Waals surface area contributed by atoms with Gasteiger partial charge in [0.25, 0.3) is 0 Å². The number of hydrogen-bond donors (Lipinski definition) is 1. The van der Waals surface area contributed by atoms with Gasteiger partial charge in [0.05, 0.1) is 0 Å². The first-order valence-corrected chi connectivity index (χ1v) is 10.2. The zero-order chi connectivity index (χ0) is 15.9. The molecule has 1 aliphatic rings. The highest BCUT2D eigenvalue weighted by Crippen LogP contribution is 2.17. The van der Waals surface area contributed by atoms with E-state index in [4.69, 9.17) is 0 Å². The number of hydrogen-bond acceptors (Lipinski definition) is 1. The Hall–Kier alpha value is -0.300. The van der Waals surface area contributed by atoms with E-state index in [0.29, 0.717) is 0 Å². The molecule has 1 heteroatoms. The molecule has 0 unspecified atom stereocenters. The van der Waals surface area contributed by atoms with Gasteiger partial charge in [0.1, 0.15) is 0 Å². The molecule has 0 aliphatic carbocycles. The summed E-state index contributed by atoms with van der Waals surface area (Å²) in [6.45, 7) is 4.62. The molecular formula is C21H41N. The van der Waals surface area contributed by atoms with Crippen molar-refractivity contribution in [2.24, 2.45) is 0 Å². The summed E-state index contributed by atoms with van der Waals surface area (Å²) in [7, 11) is 0. The molecule has 1 nitrogen and oxygen atoms in total. The average Bonchev–Trinajstić information content (AvgIpc) is 2.52. The first-order chi connectivity index (χ1) is 10.8. The van der Waals surface area contributed by atoms with Crippen LogP contribution in [0.4, 0.5) is 0 Å². The van der Waals surface area contributed by atoms with E-state index in [0.717, 1.165) is 12.1 Å². The van der Waals surface area contributed by atoms with Crippen molar-refractivity contribution in [3.05, 3.63) is 12.2 Å². The van der Waals surface area contributed by atoms with Gasteiger partial charge in [-0.1, -0.05) is 70.4 Å². The number of allylic oxidation sites excluding steroid dienone is 2. The van der Waals surface area contributed by atoms with E-state index in [9.17, 15) is 0 Å². The molecule has 0 spiro atoms. The van der Waals surface area contributed by atoms with Crippen LogP contribution in [0.1, 0.15) is 110 Å². The minimum Gasteiger partial charge on any atom is -0.312 e. The third kappa shape index (κ3) is 11.3. The van der Waals surface area contributed by atoms with Crippen molar-refractivity contribution in [3.63, 3.8) is 0 Å². The molecule has 1 rings (SSSR count). The summed E-state index contributed by atoms with van der Waals surface area (Å²) in [6.07, 6.45) is 25.7. The normalized spacial score (nSPS) is 22.5. The molecule has 22 heavy (non-hydrogen) atoms. The lowest BCUT2D eigenvalue weighted by Gasteiger charge is -2.28. The summed E-state index contributed by atoms with van der Waals surface area (Å²) < 4.78 is 0. The molecule has 1 heterocycles. The van der Waals surface area contributed by atoms with E-state index in [2.05, 4.69) is 31.3 Å². The summed E-state index contributed by atoms with van der Waals surface area (Å²) >= 11 is 0. The van der Waals surface area contributed by atoms with Crippen LogP contribution in [0.2, 0.25) is 0 Å². The summed E-state index contributed by atoms with van der Waals surface area (Å²) in [6, 6.07) is 1.57. The van der Waals surface area contributed by atoms with Gasteiger partial charge in [0.15, 0.2) is 0 Å². The second-order valence-corrected chi connectivity index (χ2v) is 7.36. The standard InChI is InChI=1S/C21H41N/c1-3-4-5-6-7-8-9-10-11-12-13-14-15-18-21-19-16-17-20(2)22-21/h10-11,20-22H,3-9,12-19H2,1-2H3/b11-10+/t20-,21+/m0/s1. The van der Waals surface area contributed by atoms with Crippen LogP contribution in [0.25, 0.3) is 0 Å². The maximum atomic E-state index is 3.75. The van der Waals surface area contributed by atoms with Gasteiger partial charge in [0.2, 0.25) is 0 Å². The highest BCUT2D eigenvalue weighted by molar-refractivity contribution is 4.81. The Morgan fingerprint density at radius 2 is 1.45 bits per heavy atom. The van der Waals surface area contributed by atoms with Gasteiger partial charge < -0.3 is 5.32 Å². The molecule has 0 aromatic carbocycles. The zero-order valence-electron chi connectivity index (χ0n) is 15.4. The predicted molar refractivity (Wildman–Crippen MR) is 100 cm³/mol. The van der Waals surface area contributed by atoms with E-state index < -0.39 is 0 Å². The largest absolute Gasteiger partial charge is 0.312 e. The average molecular weight is 308 g/mol. The SMILES string of the molecule is CCCCCCCC/C=C/CCCCC[C@@H]1CCC[C@H](C)N1. The molecule has 0 saturated carbocycles. The van der Waals surface area contributed by atoms with E-state index in [1.165, 1.54) is 96.3 Å². The Morgan fingerprint density at radius 3 is 2.14 bits per heavy atom. The van der Waals surface area contributed by atoms with Crippen molar-refractivity contribution < 1.29 is 0 Å². The zero-order valence-corrected chi connectivity index (χ0v) is 15.4. The molecule has 0 bridgehead atoms. The van der Waals surface area contributed by atoms with Crippen LogP contribution in [0, 0.1) is 0 Å². The fourth-order valence-electron chi connectivity index (χ4n) is 3.58. The van der Waals surface area contributed by atoms with Crippen LogP contribution >= 0.6 is 0 Å². The second-order valence-electron chi connectivity index (χ2n) is 7.36. The van der Waals surface area contributed by atoms with Crippen molar-refractivity contribution in [1.29, 1.82) is 0 Å². The molecule has 130 valence electrons. The Morgan fingerprint density at radius 1 is 0.818 bits per heavy atom. The third-order valence-electron chi connectivity index (χ3n) is 5.02. The number of piperidine rings is 1. The Labute approximate surface area is 140 Å². The lowest BCUT2D eigenvalue weighted by molar-refractivity contribution is 0.315. The third-order valence-corrected chi connectivity index (χ3v) is 5.02. The van der Waals surface area contributed by atoms with Gasteiger partial charge in [-0.25, -0.2) is 0 Å². The van der Waals surface area contributed by atoms with Crippen LogP contribution in [-0.4, -0.2) is 12.1 Å². The van der Waals surface area contributed by atoms with E-state index in [1.54, 1.807) is 0 Å². The molecule has 1 fully saturated rings. The molecule has 0 aromatic rings. The van der Waals surface area contributed by atoms with Crippen LogP contribution in [-0.2, 0) is 0 Å². The Kier molecular flexibility index (Phi) is 12.8. The second kappa shape index (κ2) is 14.3. The highest BCUT2D eigenvalue weighted by Gasteiger charge is 2.16. The molecule has 0 aromatic heterocycles. The number of rotatable bonds is 13. The lowest BCUT2D eigenvalue weighted by atomic mass is 9.95. The maximum Gasteiger partial charge on any atom is 0.00695 e. The van der Waals surface area contributed by atoms with Gasteiger partial charge >= 0.3 is 0 Å². The van der Waals surface area contributed by atoms with Gasteiger partial charge in [-0.2, -0.15) is 0 Å². The Balaban J connectivity index is 1.80. The van der Waals surface area contributed by atoms with Crippen molar-refractivity contribution in [2.45, 2.75) is 122 Å². The van der Waals surface area contributed by atoms with E-state index in [-0.39, 0.29) is 0 Å². The van der Waals surface area contributed by atoms with Crippen LogP contribution in [0.3, 0.4) is 0 Å². The molecule has 1 saturated heterocycles. The van der Waals surface area contributed by atoms with Crippen LogP contribution in [0.5, 0.6) is 0 Å². The fourth-order valence-corrected chi connectivity index (χ4v) is 3.58. The minimum absolute atomic E-state index is 0.753. The van der Waals surface area contributed by atoms with E-state index >= 15 is 0 Å². The molecule has 1 N–H and O–H groups in total. The van der Waals surface area contributed by atoms with Crippen molar-refractivity contribution in [3.8, 4) is 0 Å². The molecular weight excluding hydrogens is 266 g/mol. The molecule has 0 radical (unpaired) electrons. The van der Waals surface area contributed by atoms with E-state index in [1.807, 2.05) is 0 Å². The Bertz CT molecular complexity index is 259. The number of unbranched alkanes of at least 4 members (excludes halogenated alkanes) is 9. The maximum absolute atomic E-state index is 3.75. The first kappa shape index (κ1) is 19.7. The smallest absolute Gasteiger partial charge is 0.00695 e.